The zero-order valence-electron chi connectivity index (χ0n) is 16.3. The Balaban J connectivity index is 1.83. The highest BCUT2D eigenvalue weighted by molar-refractivity contribution is 14.2. The minimum atomic E-state index is -0.488. The zero-order valence-corrected chi connectivity index (χ0v) is 20.8. The summed E-state index contributed by atoms with van der Waals surface area (Å²) in [5, 5.41) is 0. The quantitative estimate of drug-likeness (QED) is 0.247. The number of hydrogen-bond donors (Lipinski definition) is 0. The summed E-state index contributed by atoms with van der Waals surface area (Å²) in [7, 11) is 1.34. The Morgan fingerprint density at radius 2 is 2.21 bits per heavy atom. The van der Waals surface area contributed by atoms with Gasteiger partial charge in [-0.05, 0) is 51.8 Å². The normalized spacial score (nSPS) is 17.5. The molecule has 28 heavy (non-hydrogen) atoms. The summed E-state index contributed by atoms with van der Waals surface area (Å²) in [5.41, 5.74) is 1.55. The van der Waals surface area contributed by atoms with Crippen molar-refractivity contribution < 1.29 is 13.7 Å². The summed E-state index contributed by atoms with van der Waals surface area (Å²) in [6, 6.07) is 6.24. The number of nitrogens with zero attached hydrogens (tertiary/aromatic N) is 3. The second-order valence-corrected chi connectivity index (χ2v) is 10.2. The van der Waals surface area contributed by atoms with E-state index >= 15 is 0 Å². The smallest absolute Gasteiger partial charge is 0.410 e. The van der Waals surface area contributed by atoms with Crippen molar-refractivity contribution in [3.63, 3.8) is 0 Å². The van der Waals surface area contributed by atoms with E-state index in [1.165, 1.54) is 9.21 Å². The summed E-state index contributed by atoms with van der Waals surface area (Å²) >= 11 is 5.65. The number of ether oxygens (including phenoxy) is 1. The third-order valence-electron chi connectivity index (χ3n) is 4.66. The van der Waals surface area contributed by atoms with Crippen molar-refractivity contribution in [2.45, 2.75) is 58.2 Å². The maximum Gasteiger partial charge on any atom is 0.410 e. The zero-order chi connectivity index (χ0) is 20.3. The maximum atomic E-state index is 12.6. The van der Waals surface area contributed by atoms with Crippen LogP contribution in [0.5, 0.6) is 0 Å². The van der Waals surface area contributed by atoms with Gasteiger partial charge in [0.15, 0.2) is 0 Å². The van der Waals surface area contributed by atoms with E-state index in [-0.39, 0.29) is 12.1 Å². The molecule has 1 atom stereocenters. The van der Waals surface area contributed by atoms with Crippen LogP contribution >= 0.6 is 46.3 Å². The molecule has 1 amide bonds. The second kappa shape index (κ2) is 9.53. The van der Waals surface area contributed by atoms with Crippen LogP contribution in [0.2, 0.25) is 0 Å². The first kappa shape index (κ1) is 22.2. The number of carbonyl (C=O) groups is 1. The number of hydrogen-bond acceptors (Lipinski definition) is 5. The first-order valence-corrected chi connectivity index (χ1v) is 13.4. The molecule has 9 heteroatoms. The molecule has 0 spiro atoms. The van der Waals surface area contributed by atoms with Gasteiger partial charge in [-0.2, -0.15) is 0 Å². The third kappa shape index (κ3) is 5.54. The molecule has 1 aromatic heterocycles. The number of amides is 1. The molecule has 0 saturated carbocycles. The van der Waals surface area contributed by atoms with Crippen molar-refractivity contribution in [1.82, 2.24) is 14.5 Å². The summed E-state index contributed by atoms with van der Waals surface area (Å²) < 4.78 is 14.3. The second-order valence-electron chi connectivity index (χ2n) is 7.87. The van der Waals surface area contributed by atoms with E-state index < -0.39 is 5.60 Å². The Labute approximate surface area is 190 Å². The molecule has 154 valence electrons. The molecule has 0 bridgehead atoms. The minimum Gasteiger partial charge on any atom is -0.444 e. The Kier molecular flexibility index (Phi) is 7.54. The lowest BCUT2D eigenvalue weighted by atomic mass is 10.1. The molecule has 1 fully saturated rings. The molecule has 0 radical (unpaired) electrons. The summed E-state index contributed by atoms with van der Waals surface area (Å²) in [4.78, 5) is 19.4. The SMILES string of the molecule is CC(C)(C)OC(=O)N1CCCC1Cc1nc2cc(Br)ccc2n1CCOSI. The third-order valence-corrected chi connectivity index (χ3v) is 6.17. The van der Waals surface area contributed by atoms with Gasteiger partial charge in [0.05, 0.1) is 26.9 Å². The van der Waals surface area contributed by atoms with E-state index in [1.54, 1.807) is 0 Å². The Morgan fingerprint density at radius 3 is 2.93 bits per heavy atom. The lowest BCUT2D eigenvalue weighted by Gasteiger charge is -2.28. The van der Waals surface area contributed by atoms with Gasteiger partial charge in [0.1, 0.15) is 11.4 Å². The van der Waals surface area contributed by atoms with Gasteiger partial charge >= 0.3 is 6.09 Å². The molecule has 3 rings (SSSR count). The van der Waals surface area contributed by atoms with Crippen LogP contribution in [0.4, 0.5) is 4.79 Å². The fourth-order valence-electron chi connectivity index (χ4n) is 3.54. The van der Waals surface area contributed by atoms with Crippen molar-refractivity contribution in [3.8, 4) is 0 Å². The summed E-state index contributed by atoms with van der Waals surface area (Å²) in [6.45, 7) is 7.76. The molecule has 1 unspecified atom stereocenters. The van der Waals surface area contributed by atoms with Crippen LogP contribution in [0.3, 0.4) is 0 Å². The topological polar surface area (TPSA) is 56.6 Å². The molecule has 2 heterocycles. The molecule has 0 N–H and O–H groups in total. The fraction of sp³-hybridized carbons (Fsp3) is 0.579. The number of aromatic nitrogens is 2. The molecular formula is C19H25BrIN3O3S. The average molecular weight is 582 g/mol. The van der Waals surface area contributed by atoms with Gasteiger partial charge in [-0.3, -0.25) is 0 Å². The van der Waals surface area contributed by atoms with Crippen molar-refractivity contribution >= 4 is 63.5 Å². The van der Waals surface area contributed by atoms with Crippen LogP contribution in [0, 0.1) is 0 Å². The Hall–Kier alpha value is -0.520. The minimum absolute atomic E-state index is 0.105. The number of benzene rings is 1. The van der Waals surface area contributed by atoms with Gasteiger partial charge in [0.2, 0.25) is 0 Å². The van der Waals surface area contributed by atoms with Crippen LogP contribution < -0.4 is 0 Å². The van der Waals surface area contributed by atoms with Crippen LogP contribution in [0.1, 0.15) is 39.4 Å². The van der Waals surface area contributed by atoms with E-state index in [2.05, 4.69) is 47.8 Å². The predicted octanol–water partition coefficient (Wildman–Crippen LogP) is 5.76. The van der Waals surface area contributed by atoms with Crippen molar-refractivity contribution in [2.24, 2.45) is 0 Å². The molecular weight excluding hydrogens is 557 g/mol. The first-order chi connectivity index (χ1) is 13.3. The van der Waals surface area contributed by atoms with Crippen LogP contribution in [0.25, 0.3) is 11.0 Å². The molecule has 1 saturated heterocycles. The molecule has 6 nitrogen and oxygen atoms in total. The number of carbonyl (C=O) groups excluding carboxylic acids is 1. The van der Waals surface area contributed by atoms with Crippen LogP contribution in [0.15, 0.2) is 22.7 Å². The molecule has 1 aromatic carbocycles. The number of likely N-dealkylation sites (tertiary alicyclic amines) is 1. The summed E-state index contributed by atoms with van der Waals surface area (Å²) in [5.74, 6) is 0.982. The van der Waals surface area contributed by atoms with Crippen molar-refractivity contribution in [2.75, 3.05) is 13.2 Å². The fourth-order valence-corrected chi connectivity index (χ4v) is 4.56. The van der Waals surface area contributed by atoms with Gasteiger partial charge in [-0.1, -0.05) is 15.9 Å². The van der Waals surface area contributed by atoms with Gasteiger partial charge < -0.3 is 18.4 Å². The van der Waals surface area contributed by atoms with E-state index in [9.17, 15) is 4.79 Å². The van der Waals surface area contributed by atoms with E-state index in [4.69, 9.17) is 13.9 Å². The highest BCUT2D eigenvalue weighted by Crippen LogP contribution is 2.27. The lowest BCUT2D eigenvalue weighted by Crippen LogP contribution is -2.41. The van der Waals surface area contributed by atoms with Crippen molar-refractivity contribution in [3.05, 3.63) is 28.5 Å². The predicted molar refractivity (Wildman–Crippen MR) is 125 cm³/mol. The molecule has 0 aliphatic carbocycles. The van der Waals surface area contributed by atoms with E-state index in [0.717, 1.165) is 47.3 Å². The van der Waals surface area contributed by atoms with Crippen LogP contribution in [-0.4, -0.2) is 45.3 Å². The van der Waals surface area contributed by atoms with Gasteiger partial charge in [-0.25, -0.2) is 9.78 Å². The largest absolute Gasteiger partial charge is 0.444 e. The average Bonchev–Trinajstić information content (AvgIpc) is 3.18. The summed E-state index contributed by atoms with van der Waals surface area (Å²) in [6.07, 6.45) is 2.43. The van der Waals surface area contributed by atoms with Gasteiger partial charge in [0.25, 0.3) is 0 Å². The van der Waals surface area contributed by atoms with E-state index in [1.807, 2.05) is 37.8 Å². The van der Waals surface area contributed by atoms with Gasteiger partial charge in [-0.15, -0.1) is 0 Å². The number of rotatable bonds is 6. The standard InChI is InChI=1S/C19H25BrIN3O3S/c1-19(2,3)27-18(25)23-8-4-5-14(23)12-17-22-15-11-13(20)6-7-16(15)24(17)9-10-26-28-21/h6-7,11,14H,4-5,8-10,12H2,1-3H3. The Morgan fingerprint density at radius 1 is 1.43 bits per heavy atom. The molecule has 2 aromatic rings. The Bertz CT molecular complexity index is 840. The number of imidazole rings is 1. The monoisotopic (exact) mass is 581 g/mol. The molecule has 1 aliphatic rings. The van der Waals surface area contributed by atoms with Crippen molar-refractivity contribution in [1.29, 1.82) is 0 Å². The van der Waals surface area contributed by atoms with Crippen LogP contribution in [-0.2, 0) is 21.9 Å². The maximum absolute atomic E-state index is 12.6. The number of fused-ring (bicyclic) bond motifs is 1. The van der Waals surface area contributed by atoms with Gasteiger partial charge in [0, 0.05) is 51.2 Å². The first-order valence-electron chi connectivity index (χ1n) is 9.33. The number of halogens is 2. The highest BCUT2D eigenvalue weighted by Gasteiger charge is 2.33. The lowest BCUT2D eigenvalue weighted by molar-refractivity contribution is 0.0225. The van der Waals surface area contributed by atoms with E-state index in [0.29, 0.717) is 13.0 Å². The molecule has 1 aliphatic heterocycles. The highest BCUT2D eigenvalue weighted by atomic mass is 127.